The number of unbranched alkanes of at least 4 members (excludes halogenated alkanes) is 2. The van der Waals surface area contributed by atoms with Gasteiger partial charge in [0.2, 0.25) is 5.91 Å². The van der Waals surface area contributed by atoms with Gasteiger partial charge in [0.15, 0.2) is 0 Å². The van der Waals surface area contributed by atoms with Gasteiger partial charge in [-0.2, -0.15) is 0 Å². The van der Waals surface area contributed by atoms with E-state index < -0.39 is 5.97 Å². The zero-order valence-electron chi connectivity index (χ0n) is 17.0. The summed E-state index contributed by atoms with van der Waals surface area (Å²) in [5, 5.41) is 14.9. The minimum absolute atomic E-state index is 0.00574. The molecule has 3 amide bonds. The molecule has 160 valence electrons. The van der Waals surface area contributed by atoms with Gasteiger partial charge in [0.05, 0.1) is 12.5 Å². The number of hydrogen-bond acceptors (Lipinski definition) is 4. The van der Waals surface area contributed by atoms with E-state index in [4.69, 9.17) is 9.84 Å². The Balaban J connectivity index is 1.57. The lowest BCUT2D eigenvalue weighted by atomic mass is 9.96. The molecule has 1 saturated carbocycles. The Morgan fingerprint density at radius 3 is 2.54 bits per heavy atom. The molecule has 0 aromatic carbocycles. The molecule has 3 N–H and O–H groups in total. The normalized spacial score (nSPS) is 22.8. The zero-order chi connectivity index (χ0) is 20.4. The van der Waals surface area contributed by atoms with Crippen molar-refractivity contribution in [1.29, 1.82) is 0 Å². The summed E-state index contributed by atoms with van der Waals surface area (Å²) in [6.45, 7) is 1.07. The molecule has 1 aliphatic carbocycles. The van der Waals surface area contributed by atoms with Crippen LogP contribution in [0.1, 0.15) is 70.6 Å². The second-order valence-electron chi connectivity index (χ2n) is 7.94. The molecule has 2 aliphatic rings. The number of urea groups is 1. The van der Waals surface area contributed by atoms with Gasteiger partial charge in [-0.1, -0.05) is 25.7 Å². The van der Waals surface area contributed by atoms with Gasteiger partial charge in [0.1, 0.15) is 0 Å². The fraction of sp³-hybridized carbons (Fsp3) is 0.850. The highest BCUT2D eigenvalue weighted by Crippen LogP contribution is 2.24. The van der Waals surface area contributed by atoms with Crippen LogP contribution in [0.25, 0.3) is 0 Å². The summed E-state index contributed by atoms with van der Waals surface area (Å²) < 4.78 is 5.30. The smallest absolute Gasteiger partial charge is 0.315 e. The van der Waals surface area contributed by atoms with Gasteiger partial charge >= 0.3 is 12.0 Å². The average molecular weight is 398 g/mol. The third-order valence-electron chi connectivity index (χ3n) is 5.73. The van der Waals surface area contributed by atoms with Crippen molar-refractivity contribution in [1.82, 2.24) is 15.5 Å². The zero-order valence-corrected chi connectivity index (χ0v) is 17.0. The van der Waals surface area contributed by atoms with Crippen molar-refractivity contribution >= 4 is 17.9 Å². The maximum atomic E-state index is 12.5. The molecule has 0 aromatic rings. The topological polar surface area (TPSA) is 108 Å². The number of carboxylic acid groups (broad SMARTS) is 1. The van der Waals surface area contributed by atoms with Crippen LogP contribution < -0.4 is 10.6 Å². The summed E-state index contributed by atoms with van der Waals surface area (Å²) in [4.78, 5) is 37.0. The number of likely N-dealkylation sites (tertiary alicyclic amines) is 1. The average Bonchev–Trinajstić information content (AvgIpc) is 3.07. The molecule has 8 nitrogen and oxygen atoms in total. The fourth-order valence-corrected chi connectivity index (χ4v) is 4.15. The van der Waals surface area contributed by atoms with E-state index in [0.29, 0.717) is 32.0 Å². The number of carbonyl (C=O) groups is 3. The maximum Gasteiger partial charge on any atom is 0.315 e. The van der Waals surface area contributed by atoms with E-state index in [2.05, 4.69) is 10.6 Å². The predicted octanol–water partition coefficient (Wildman–Crippen LogP) is 2.27. The molecule has 1 saturated heterocycles. The first kappa shape index (κ1) is 22.5. The van der Waals surface area contributed by atoms with Gasteiger partial charge < -0.3 is 25.4 Å². The SMILES string of the molecule is COC1CC(CC(=O)O)N(C(=O)CCCCCNC(=O)NC2CCCCC2)C1. The van der Waals surface area contributed by atoms with E-state index >= 15 is 0 Å². The second-order valence-corrected chi connectivity index (χ2v) is 7.94. The Labute approximate surface area is 167 Å². The van der Waals surface area contributed by atoms with E-state index in [1.54, 1.807) is 12.0 Å². The highest BCUT2D eigenvalue weighted by Gasteiger charge is 2.36. The minimum Gasteiger partial charge on any atom is -0.481 e. The monoisotopic (exact) mass is 397 g/mol. The van der Waals surface area contributed by atoms with E-state index in [1.165, 1.54) is 19.3 Å². The van der Waals surface area contributed by atoms with Crippen LogP contribution in [0.3, 0.4) is 0 Å². The highest BCUT2D eigenvalue weighted by atomic mass is 16.5. The van der Waals surface area contributed by atoms with Crippen LogP contribution >= 0.6 is 0 Å². The lowest BCUT2D eigenvalue weighted by molar-refractivity contribution is -0.139. The third-order valence-corrected chi connectivity index (χ3v) is 5.73. The number of hydrogen-bond donors (Lipinski definition) is 3. The van der Waals surface area contributed by atoms with Crippen LogP contribution in [0.4, 0.5) is 4.79 Å². The number of carbonyl (C=O) groups excluding carboxylic acids is 2. The van der Waals surface area contributed by atoms with Crippen molar-refractivity contribution in [3.63, 3.8) is 0 Å². The van der Waals surface area contributed by atoms with Crippen LogP contribution in [-0.2, 0) is 14.3 Å². The summed E-state index contributed by atoms with van der Waals surface area (Å²) in [5.41, 5.74) is 0. The number of methoxy groups -OCH3 is 1. The summed E-state index contributed by atoms with van der Waals surface area (Å²) in [6, 6.07) is -0.0660. The second kappa shape index (κ2) is 11.9. The van der Waals surface area contributed by atoms with E-state index in [0.717, 1.165) is 32.1 Å². The predicted molar refractivity (Wildman–Crippen MR) is 105 cm³/mol. The molecule has 0 bridgehead atoms. The van der Waals surface area contributed by atoms with Gasteiger partial charge in [-0.3, -0.25) is 9.59 Å². The van der Waals surface area contributed by atoms with Crippen LogP contribution in [0.15, 0.2) is 0 Å². The van der Waals surface area contributed by atoms with Gasteiger partial charge in [-0.25, -0.2) is 4.79 Å². The molecule has 1 aliphatic heterocycles. The molecule has 0 spiro atoms. The summed E-state index contributed by atoms with van der Waals surface area (Å²) in [7, 11) is 1.59. The van der Waals surface area contributed by atoms with Gasteiger partial charge in [0, 0.05) is 38.7 Å². The number of nitrogens with one attached hydrogen (secondary N) is 2. The first-order valence-corrected chi connectivity index (χ1v) is 10.6. The molecule has 2 atom stereocenters. The van der Waals surface area contributed by atoms with Crippen molar-refractivity contribution in [3.05, 3.63) is 0 Å². The number of ether oxygens (including phenoxy) is 1. The third kappa shape index (κ3) is 7.66. The minimum atomic E-state index is -0.892. The molecular weight excluding hydrogens is 362 g/mol. The van der Waals surface area contributed by atoms with E-state index in [1.807, 2.05) is 0 Å². The Hall–Kier alpha value is -1.83. The van der Waals surface area contributed by atoms with Crippen LogP contribution in [-0.4, -0.2) is 66.3 Å². The summed E-state index contributed by atoms with van der Waals surface area (Å²) in [5.74, 6) is -0.897. The first-order valence-electron chi connectivity index (χ1n) is 10.6. The molecular formula is C20H35N3O5. The van der Waals surface area contributed by atoms with E-state index in [-0.39, 0.29) is 30.5 Å². The number of amides is 3. The standard InChI is InChI=1S/C20H35N3O5/c1-28-17-12-16(13-19(25)26)23(14-17)18(24)10-6-3-7-11-21-20(27)22-15-8-4-2-5-9-15/h15-17H,2-14H2,1H3,(H,25,26)(H2,21,22,27). The Bertz CT molecular complexity index is 522. The lowest BCUT2D eigenvalue weighted by Gasteiger charge is -2.23. The first-order chi connectivity index (χ1) is 13.5. The number of rotatable bonds is 10. The Morgan fingerprint density at radius 2 is 1.86 bits per heavy atom. The van der Waals surface area contributed by atoms with Crippen LogP contribution in [0.2, 0.25) is 0 Å². The van der Waals surface area contributed by atoms with Crippen LogP contribution in [0, 0.1) is 0 Å². The van der Waals surface area contributed by atoms with E-state index in [9.17, 15) is 14.4 Å². The molecule has 0 radical (unpaired) electrons. The highest BCUT2D eigenvalue weighted by molar-refractivity contribution is 5.78. The molecule has 2 fully saturated rings. The van der Waals surface area contributed by atoms with Gasteiger partial charge in [-0.05, 0) is 32.1 Å². The lowest BCUT2D eigenvalue weighted by Crippen LogP contribution is -2.43. The maximum absolute atomic E-state index is 12.5. The number of carboxylic acids is 1. The van der Waals surface area contributed by atoms with Crippen molar-refractivity contribution < 1.29 is 24.2 Å². The van der Waals surface area contributed by atoms with Crippen molar-refractivity contribution in [2.24, 2.45) is 0 Å². The quantitative estimate of drug-likeness (QED) is 0.490. The van der Waals surface area contributed by atoms with Gasteiger partial charge in [0.25, 0.3) is 0 Å². The molecule has 2 rings (SSSR count). The molecule has 28 heavy (non-hydrogen) atoms. The molecule has 8 heteroatoms. The molecule has 0 aromatic heterocycles. The largest absolute Gasteiger partial charge is 0.481 e. The fourth-order valence-electron chi connectivity index (χ4n) is 4.15. The summed E-state index contributed by atoms with van der Waals surface area (Å²) >= 11 is 0. The summed E-state index contributed by atoms with van der Waals surface area (Å²) in [6.07, 6.45) is 9.05. The number of aliphatic carboxylic acids is 1. The Kier molecular flexibility index (Phi) is 9.54. The van der Waals surface area contributed by atoms with Crippen LogP contribution in [0.5, 0.6) is 0 Å². The molecule has 1 heterocycles. The Morgan fingerprint density at radius 1 is 1.11 bits per heavy atom. The number of nitrogens with zero attached hydrogens (tertiary/aromatic N) is 1. The van der Waals surface area contributed by atoms with Crippen molar-refractivity contribution in [2.45, 2.75) is 88.8 Å². The molecule has 2 unspecified atom stereocenters. The van der Waals surface area contributed by atoms with Crippen molar-refractivity contribution in [2.75, 3.05) is 20.2 Å². The van der Waals surface area contributed by atoms with Crippen molar-refractivity contribution in [3.8, 4) is 0 Å². The van der Waals surface area contributed by atoms with Gasteiger partial charge in [-0.15, -0.1) is 0 Å².